The van der Waals surface area contributed by atoms with Crippen molar-refractivity contribution in [3.63, 3.8) is 0 Å². The topological polar surface area (TPSA) is 43.4 Å². The zero-order valence-corrected chi connectivity index (χ0v) is 18.3. The molecule has 3 saturated carbocycles. The fraction of sp³-hybridized carbons (Fsp3) is 0.760. The minimum Gasteiger partial charge on any atom is -0.465 e. The van der Waals surface area contributed by atoms with Gasteiger partial charge in [0.1, 0.15) is 5.78 Å². The minimum absolute atomic E-state index is 0.0547. The Kier molecular flexibility index (Phi) is 4.31. The molecular weight excluding hydrogens is 348 g/mol. The van der Waals surface area contributed by atoms with Gasteiger partial charge in [-0.25, -0.2) is 0 Å². The molecule has 28 heavy (non-hydrogen) atoms. The normalized spacial score (nSPS) is 44.2. The van der Waals surface area contributed by atoms with Gasteiger partial charge < -0.3 is 4.74 Å². The summed E-state index contributed by atoms with van der Waals surface area (Å²) in [6.07, 6.45) is 8.72. The van der Waals surface area contributed by atoms with Crippen LogP contribution >= 0.6 is 0 Å². The van der Waals surface area contributed by atoms with Crippen LogP contribution in [-0.4, -0.2) is 18.4 Å². The summed E-state index contributed by atoms with van der Waals surface area (Å²) in [6, 6.07) is 0. The molecule has 0 N–H and O–H groups in total. The maximum atomic E-state index is 13.6. The van der Waals surface area contributed by atoms with Gasteiger partial charge >= 0.3 is 5.97 Å². The largest absolute Gasteiger partial charge is 0.465 e. The number of carbonyl (C=O) groups is 2. The van der Waals surface area contributed by atoms with Crippen LogP contribution in [0.4, 0.5) is 0 Å². The number of hydrogen-bond acceptors (Lipinski definition) is 3. The number of hydrogen-bond donors (Lipinski definition) is 0. The predicted octanol–water partition coefficient (Wildman–Crippen LogP) is 5.64. The molecule has 0 radical (unpaired) electrons. The van der Waals surface area contributed by atoms with Gasteiger partial charge in [0, 0.05) is 11.8 Å². The molecule has 0 unspecified atom stereocenters. The first kappa shape index (κ1) is 19.9. The van der Waals surface area contributed by atoms with Gasteiger partial charge in [0.2, 0.25) is 0 Å². The van der Waals surface area contributed by atoms with Crippen molar-refractivity contribution in [1.82, 2.24) is 0 Å². The summed E-state index contributed by atoms with van der Waals surface area (Å²) < 4.78 is 5.71. The Morgan fingerprint density at radius 3 is 2.54 bits per heavy atom. The highest BCUT2D eigenvalue weighted by Crippen LogP contribution is 2.72. The number of rotatable bonds is 2. The standard InChI is InChI=1S/C25H36O3/c1-7-28-21(27)25-15-12-20(26)22(3,4)17(25)10-14-24(6)18-9-8-16(2)23(18,5)13-11-19(24)25/h10,18-19H,2,7-9,11-15H2,1,3-6H3/t18-,19+,23+,24+,25-/m1/s1. The van der Waals surface area contributed by atoms with Crippen molar-refractivity contribution < 1.29 is 14.3 Å². The first-order valence-electron chi connectivity index (χ1n) is 11.1. The van der Waals surface area contributed by atoms with Crippen molar-refractivity contribution in [2.75, 3.05) is 6.61 Å². The van der Waals surface area contributed by atoms with E-state index in [1.54, 1.807) is 0 Å². The summed E-state index contributed by atoms with van der Waals surface area (Å²) in [5.41, 5.74) is 1.48. The zero-order chi connectivity index (χ0) is 20.5. The minimum atomic E-state index is -0.633. The molecule has 0 amide bonds. The molecule has 0 spiro atoms. The molecule has 0 aromatic carbocycles. The van der Waals surface area contributed by atoms with Gasteiger partial charge in [-0.3, -0.25) is 9.59 Å². The molecule has 4 rings (SSSR count). The highest BCUT2D eigenvalue weighted by molar-refractivity contribution is 5.94. The third-order valence-corrected chi connectivity index (χ3v) is 9.43. The van der Waals surface area contributed by atoms with Crippen molar-refractivity contribution in [1.29, 1.82) is 0 Å². The van der Waals surface area contributed by atoms with Gasteiger partial charge in [0.25, 0.3) is 0 Å². The Morgan fingerprint density at radius 1 is 1.14 bits per heavy atom. The van der Waals surface area contributed by atoms with E-state index in [0.29, 0.717) is 25.4 Å². The van der Waals surface area contributed by atoms with E-state index in [1.807, 2.05) is 20.8 Å². The lowest BCUT2D eigenvalue weighted by molar-refractivity contribution is -0.174. The molecule has 4 aliphatic rings. The van der Waals surface area contributed by atoms with E-state index in [1.165, 1.54) is 12.0 Å². The number of ketones is 1. The van der Waals surface area contributed by atoms with E-state index < -0.39 is 10.8 Å². The van der Waals surface area contributed by atoms with E-state index in [4.69, 9.17) is 4.74 Å². The highest BCUT2D eigenvalue weighted by atomic mass is 16.5. The van der Waals surface area contributed by atoms with Crippen LogP contribution in [-0.2, 0) is 14.3 Å². The van der Waals surface area contributed by atoms with Crippen molar-refractivity contribution in [3.8, 4) is 0 Å². The monoisotopic (exact) mass is 384 g/mol. The smallest absolute Gasteiger partial charge is 0.316 e. The van der Waals surface area contributed by atoms with E-state index in [9.17, 15) is 9.59 Å². The second kappa shape index (κ2) is 6.06. The van der Waals surface area contributed by atoms with Gasteiger partial charge in [0.15, 0.2) is 0 Å². The van der Waals surface area contributed by atoms with Crippen LogP contribution in [0.1, 0.15) is 79.6 Å². The second-order valence-corrected chi connectivity index (χ2v) is 10.8. The van der Waals surface area contributed by atoms with Gasteiger partial charge in [-0.05, 0) is 87.5 Å². The van der Waals surface area contributed by atoms with E-state index in [0.717, 1.165) is 31.3 Å². The van der Waals surface area contributed by atoms with Gasteiger partial charge in [-0.1, -0.05) is 32.1 Å². The lowest BCUT2D eigenvalue weighted by Crippen LogP contribution is -2.61. The van der Waals surface area contributed by atoms with Crippen molar-refractivity contribution in [3.05, 3.63) is 23.8 Å². The van der Waals surface area contributed by atoms with Crippen LogP contribution in [0.2, 0.25) is 0 Å². The summed E-state index contributed by atoms with van der Waals surface area (Å²) >= 11 is 0. The van der Waals surface area contributed by atoms with Gasteiger partial charge in [-0.15, -0.1) is 0 Å². The molecule has 3 heteroatoms. The van der Waals surface area contributed by atoms with Gasteiger partial charge in [0.05, 0.1) is 12.0 Å². The first-order valence-corrected chi connectivity index (χ1v) is 11.1. The fourth-order valence-corrected chi connectivity index (χ4v) is 7.89. The number of esters is 1. The molecule has 0 aromatic rings. The first-order chi connectivity index (χ1) is 13.0. The third kappa shape index (κ3) is 2.22. The summed E-state index contributed by atoms with van der Waals surface area (Å²) in [7, 11) is 0. The molecule has 5 atom stereocenters. The quantitative estimate of drug-likeness (QED) is 0.457. The maximum Gasteiger partial charge on any atom is 0.316 e. The Hall–Kier alpha value is -1.38. The SMILES string of the molecule is C=C1CC[C@H]2[C@]3(C)CC=C4C(C)(C)C(=O)CC[C@]4(C(=O)OCC)[C@H]3CC[C@@]12C. The molecule has 4 aliphatic carbocycles. The van der Waals surface area contributed by atoms with Crippen LogP contribution in [0.25, 0.3) is 0 Å². The Morgan fingerprint density at radius 2 is 1.86 bits per heavy atom. The van der Waals surface area contributed by atoms with Crippen LogP contribution in [0.5, 0.6) is 0 Å². The Bertz CT molecular complexity index is 775. The van der Waals surface area contributed by atoms with Gasteiger partial charge in [-0.2, -0.15) is 0 Å². The predicted molar refractivity (Wildman–Crippen MR) is 111 cm³/mol. The van der Waals surface area contributed by atoms with Crippen LogP contribution in [0.3, 0.4) is 0 Å². The summed E-state index contributed by atoms with van der Waals surface area (Å²) in [4.78, 5) is 26.4. The van der Waals surface area contributed by atoms with E-state index in [-0.39, 0.29) is 28.5 Å². The molecular formula is C25H36O3. The molecule has 3 fully saturated rings. The Balaban J connectivity index is 1.89. The summed E-state index contributed by atoms with van der Waals surface area (Å²) in [5, 5.41) is 0. The molecule has 0 bridgehead atoms. The van der Waals surface area contributed by atoms with Crippen LogP contribution in [0, 0.1) is 33.5 Å². The fourth-order valence-electron chi connectivity index (χ4n) is 7.89. The molecule has 154 valence electrons. The second-order valence-electron chi connectivity index (χ2n) is 10.8. The molecule has 0 heterocycles. The van der Waals surface area contributed by atoms with Crippen molar-refractivity contribution in [2.24, 2.45) is 33.5 Å². The van der Waals surface area contributed by atoms with Crippen molar-refractivity contribution >= 4 is 11.8 Å². The number of carbonyl (C=O) groups excluding carboxylic acids is 2. The number of allylic oxidation sites excluding steroid dienone is 2. The summed E-state index contributed by atoms with van der Waals surface area (Å²) in [5.74, 6) is 0.974. The average molecular weight is 385 g/mol. The van der Waals surface area contributed by atoms with Crippen LogP contribution in [0.15, 0.2) is 23.8 Å². The zero-order valence-electron chi connectivity index (χ0n) is 18.3. The van der Waals surface area contributed by atoms with Crippen LogP contribution < -0.4 is 0 Å². The number of Topliss-reactive ketones (excluding diaryl/α,β-unsaturated/α-hetero) is 1. The van der Waals surface area contributed by atoms with E-state index in [2.05, 4.69) is 26.5 Å². The van der Waals surface area contributed by atoms with E-state index >= 15 is 0 Å². The number of fused-ring (bicyclic) bond motifs is 5. The molecule has 0 aliphatic heterocycles. The third-order valence-electron chi connectivity index (χ3n) is 9.43. The highest BCUT2D eigenvalue weighted by Gasteiger charge is 2.68. The lowest BCUT2D eigenvalue weighted by Gasteiger charge is -2.63. The Labute approximate surface area is 170 Å². The average Bonchev–Trinajstić information content (AvgIpc) is 2.94. The lowest BCUT2D eigenvalue weighted by atomic mass is 9.39. The molecule has 0 saturated heterocycles. The molecule has 3 nitrogen and oxygen atoms in total. The van der Waals surface area contributed by atoms with Crippen molar-refractivity contribution in [2.45, 2.75) is 79.6 Å². The summed E-state index contributed by atoms with van der Waals surface area (Å²) in [6.45, 7) is 15.5. The number of ether oxygens (including phenoxy) is 1. The molecule has 0 aromatic heterocycles. The maximum absolute atomic E-state index is 13.6.